The van der Waals surface area contributed by atoms with E-state index < -0.39 is 12.1 Å². The second-order valence-corrected chi connectivity index (χ2v) is 3.69. The van der Waals surface area contributed by atoms with Gasteiger partial charge in [0.15, 0.2) is 6.10 Å². The van der Waals surface area contributed by atoms with E-state index in [0.717, 1.165) is 5.56 Å². The van der Waals surface area contributed by atoms with Gasteiger partial charge in [-0.1, -0.05) is 0 Å². The zero-order valence-corrected chi connectivity index (χ0v) is 8.29. The van der Waals surface area contributed by atoms with Gasteiger partial charge in [-0.3, -0.25) is 0 Å². The van der Waals surface area contributed by atoms with Crippen molar-refractivity contribution in [2.75, 3.05) is 0 Å². The van der Waals surface area contributed by atoms with E-state index in [4.69, 9.17) is 9.84 Å². The second-order valence-electron chi connectivity index (χ2n) is 3.69. The van der Waals surface area contributed by atoms with Crippen molar-refractivity contribution in [3.05, 3.63) is 29.1 Å². The minimum Gasteiger partial charge on any atom is -0.479 e. The number of hydrogen-bond donors (Lipinski definition) is 1. The van der Waals surface area contributed by atoms with E-state index >= 15 is 0 Å². The van der Waals surface area contributed by atoms with Gasteiger partial charge in [-0.2, -0.15) is 0 Å². The molecule has 0 aliphatic carbocycles. The summed E-state index contributed by atoms with van der Waals surface area (Å²) in [6.07, 6.45) is 0.135. The highest BCUT2D eigenvalue weighted by atomic mass is 19.1. The normalized spacial score (nSPS) is 19.2. The maximum Gasteiger partial charge on any atom is 0.344 e. The highest BCUT2D eigenvalue weighted by Crippen LogP contribution is 2.29. The molecule has 15 heavy (non-hydrogen) atoms. The van der Waals surface area contributed by atoms with Crippen LogP contribution in [0.15, 0.2) is 12.1 Å². The molecular formula is C11H11FO3. The predicted octanol–water partition coefficient (Wildman–Crippen LogP) is 1.91. The summed E-state index contributed by atoms with van der Waals surface area (Å²) in [6, 6.07) is 2.97. The summed E-state index contributed by atoms with van der Waals surface area (Å²) in [5.41, 5.74) is 1.22. The summed E-state index contributed by atoms with van der Waals surface area (Å²) in [7, 11) is 0. The quantitative estimate of drug-likeness (QED) is 0.770. The molecule has 0 bridgehead atoms. The average Bonchev–Trinajstić information content (AvgIpc) is 2.19. The van der Waals surface area contributed by atoms with E-state index in [1.165, 1.54) is 6.07 Å². The van der Waals surface area contributed by atoms with E-state index in [1.54, 1.807) is 13.0 Å². The molecule has 1 heterocycles. The zero-order chi connectivity index (χ0) is 11.0. The first-order valence-corrected chi connectivity index (χ1v) is 4.76. The number of carboxylic acids is 1. The Labute approximate surface area is 86.5 Å². The Morgan fingerprint density at radius 2 is 2.33 bits per heavy atom. The van der Waals surface area contributed by atoms with Gasteiger partial charge in [0.2, 0.25) is 0 Å². The summed E-state index contributed by atoms with van der Waals surface area (Å²) in [6.45, 7) is 1.63. The van der Waals surface area contributed by atoms with Crippen LogP contribution in [0, 0.1) is 12.7 Å². The molecule has 0 unspecified atom stereocenters. The fourth-order valence-corrected chi connectivity index (χ4v) is 1.67. The molecule has 1 aliphatic heterocycles. The number of fused-ring (bicyclic) bond motifs is 1. The summed E-state index contributed by atoms with van der Waals surface area (Å²) >= 11 is 0. The first kappa shape index (κ1) is 9.96. The van der Waals surface area contributed by atoms with E-state index in [9.17, 15) is 9.18 Å². The monoisotopic (exact) mass is 210 g/mol. The molecule has 0 saturated carbocycles. The lowest BCUT2D eigenvalue weighted by molar-refractivity contribution is -0.145. The molecule has 3 nitrogen and oxygen atoms in total. The van der Waals surface area contributed by atoms with Crippen LogP contribution in [0.4, 0.5) is 4.39 Å². The molecule has 0 amide bonds. The Morgan fingerprint density at radius 1 is 1.60 bits per heavy atom. The number of hydrogen-bond acceptors (Lipinski definition) is 2. The standard InChI is InChI=1S/C11H11FO3/c1-6-4-10-7(5-8(6)12)2-3-9(15-10)11(13)14/h4-5,9H,2-3H2,1H3,(H,13,14)/t9-/m0/s1. The van der Waals surface area contributed by atoms with Gasteiger partial charge in [-0.15, -0.1) is 0 Å². The van der Waals surface area contributed by atoms with Gasteiger partial charge in [-0.25, -0.2) is 9.18 Å². The van der Waals surface area contributed by atoms with Gasteiger partial charge >= 0.3 is 5.97 Å². The van der Waals surface area contributed by atoms with Crippen molar-refractivity contribution in [2.45, 2.75) is 25.9 Å². The highest BCUT2D eigenvalue weighted by molar-refractivity contribution is 5.73. The molecule has 0 radical (unpaired) electrons. The number of aryl methyl sites for hydroxylation is 2. The molecule has 4 heteroatoms. The third kappa shape index (κ3) is 1.79. The fourth-order valence-electron chi connectivity index (χ4n) is 1.67. The molecule has 2 rings (SSSR count). The lowest BCUT2D eigenvalue weighted by Crippen LogP contribution is -2.30. The number of rotatable bonds is 1. The van der Waals surface area contributed by atoms with Gasteiger partial charge in [0.25, 0.3) is 0 Å². The Balaban J connectivity index is 2.34. The van der Waals surface area contributed by atoms with Crippen LogP contribution >= 0.6 is 0 Å². The van der Waals surface area contributed by atoms with Crippen molar-refractivity contribution in [1.82, 2.24) is 0 Å². The zero-order valence-electron chi connectivity index (χ0n) is 8.29. The van der Waals surface area contributed by atoms with Gasteiger partial charge in [0.1, 0.15) is 11.6 Å². The predicted molar refractivity (Wildman–Crippen MR) is 51.5 cm³/mol. The van der Waals surface area contributed by atoms with Crippen LogP contribution in [0.1, 0.15) is 17.5 Å². The number of carboxylic acid groups (broad SMARTS) is 1. The SMILES string of the molecule is Cc1cc2c(cc1F)CC[C@@H](C(=O)O)O2. The Kier molecular flexibility index (Phi) is 2.34. The summed E-state index contributed by atoms with van der Waals surface area (Å²) < 4.78 is 18.5. The van der Waals surface area contributed by atoms with Crippen molar-refractivity contribution in [1.29, 1.82) is 0 Å². The minimum atomic E-state index is -0.970. The second kappa shape index (κ2) is 3.53. The molecule has 1 aromatic rings. The maximum absolute atomic E-state index is 13.2. The van der Waals surface area contributed by atoms with Crippen molar-refractivity contribution in [3.8, 4) is 5.75 Å². The van der Waals surface area contributed by atoms with Gasteiger partial charge in [0.05, 0.1) is 0 Å². The van der Waals surface area contributed by atoms with Crippen molar-refractivity contribution >= 4 is 5.97 Å². The molecule has 1 aliphatic rings. The summed E-state index contributed by atoms with van der Waals surface area (Å²) in [5, 5.41) is 8.79. The molecule has 0 fully saturated rings. The Morgan fingerprint density at radius 3 is 3.00 bits per heavy atom. The number of benzene rings is 1. The highest BCUT2D eigenvalue weighted by Gasteiger charge is 2.26. The first-order valence-electron chi connectivity index (χ1n) is 4.76. The third-order valence-electron chi connectivity index (χ3n) is 2.56. The molecule has 0 aromatic heterocycles. The molecule has 1 aromatic carbocycles. The smallest absolute Gasteiger partial charge is 0.344 e. The Hall–Kier alpha value is -1.58. The van der Waals surface area contributed by atoms with Gasteiger partial charge < -0.3 is 9.84 Å². The van der Waals surface area contributed by atoms with Gasteiger partial charge in [0, 0.05) is 0 Å². The van der Waals surface area contributed by atoms with Gasteiger partial charge in [-0.05, 0) is 43.0 Å². The average molecular weight is 210 g/mol. The van der Waals surface area contributed by atoms with Crippen LogP contribution < -0.4 is 4.74 Å². The van der Waals surface area contributed by atoms with Crippen LogP contribution in [0.5, 0.6) is 5.75 Å². The summed E-state index contributed by atoms with van der Waals surface area (Å²) in [4.78, 5) is 10.7. The lowest BCUT2D eigenvalue weighted by Gasteiger charge is -2.23. The van der Waals surface area contributed by atoms with E-state index in [-0.39, 0.29) is 5.82 Å². The minimum absolute atomic E-state index is 0.272. The number of carbonyl (C=O) groups is 1. The number of ether oxygens (including phenoxy) is 1. The number of halogens is 1. The van der Waals surface area contributed by atoms with Crippen molar-refractivity contribution in [3.63, 3.8) is 0 Å². The topological polar surface area (TPSA) is 46.5 Å². The third-order valence-corrected chi connectivity index (χ3v) is 2.56. The molecule has 80 valence electrons. The first-order chi connectivity index (χ1) is 7.08. The largest absolute Gasteiger partial charge is 0.479 e. The summed E-state index contributed by atoms with van der Waals surface area (Å²) in [5.74, 6) is -0.749. The fraction of sp³-hybridized carbons (Fsp3) is 0.364. The molecule has 0 saturated heterocycles. The van der Waals surface area contributed by atoms with Crippen LogP contribution in [-0.4, -0.2) is 17.2 Å². The van der Waals surface area contributed by atoms with Crippen LogP contribution in [-0.2, 0) is 11.2 Å². The van der Waals surface area contributed by atoms with Crippen molar-refractivity contribution < 1.29 is 19.0 Å². The van der Waals surface area contributed by atoms with Crippen LogP contribution in [0.25, 0.3) is 0 Å². The van der Waals surface area contributed by atoms with E-state index in [2.05, 4.69) is 0 Å². The molecule has 1 atom stereocenters. The van der Waals surface area contributed by atoms with E-state index in [0.29, 0.717) is 24.2 Å². The van der Waals surface area contributed by atoms with Crippen LogP contribution in [0.3, 0.4) is 0 Å². The molecular weight excluding hydrogens is 199 g/mol. The maximum atomic E-state index is 13.2. The Bertz CT molecular complexity index is 415. The number of aliphatic carboxylic acids is 1. The molecule has 1 N–H and O–H groups in total. The lowest BCUT2D eigenvalue weighted by atomic mass is 10.0. The van der Waals surface area contributed by atoms with Crippen LogP contribution in [0.2, 0.25) is 0 Å². The van der Waals surface area contributed by atoms with E-state index in [1.807, 2.05) is 0 Å². The molecule has 0 spiro atoms. The van der Waals surface area contributed by atoms with Crippen molar-refractivity contribution in [2.24, 2.45) is 0 Å².